The Morgan fingerprint density at radius 3 is 1.65 bits per heavy atom. The van der Waals surface area contributed by atoms with Crippen molar-refractivity contribution in [2.24, 2.45) is 0 Å². The van der Waals surface area contributed by atoms with Crippen LogP contribution in [0, 0.1) is 0 Å². The van der Waals surface area contributed by atoms with E-state index in [1.807, 2.05) is 36.4 Å². The van der Waals surface area contributed by atoms with Crippen molar-refractivity contribution in [2.75, 3.05) is 11.2 Å². The molecule has 0 aliphatic carbocycles. The molecule has 0 aliphatic rings. The van der Waals surface area contributed by atoms with Crippen molar-refractivity contribution in [3.8, 4) is 0 Å². The lowest BCUT2D eigenvalue weighted by Crippen LogP contribution is -2.25. The minimum Gasteiger partial charge on any atom is -0.325 e. The Kier molecular flexibility index (Phi) is 6.76. The van der Waals surface area contributed by atoms with Gasteiger partial charge in [0.25, 0.3) is 0 Å². The molecule has 0 aliphatic heterocycles. The van der Waals surface area contributed by atoms with Crippen molar-refractivity contribution in [2.45, 2.75) is 9.64 Å². The second kappa shape index (κ2) is 9.86. The number of amides is 1. The molecule has 4 heteroatoms. The molecule has 0 aromatic heterocycles. The lowest BCUT2D eigenvalue weighted by Gasteiger charge is -2.35. The molecule has 0 heterocycles. The van der Waals surface area contributed by atoms with Crippen LogP contribution in [0.3, 0.4) is 0 Å². The number of hydrogen-bond acceptors (Lipinski definition) is 2. The topological polar surface area (TPSA) is 29.1 Å². The van der Waals surface area contributed by atoms with Crippen LogP contribution in [0.15, 0.2) is 120 Å². The fourth-order valence-electron chi connectivity index (χ4n) is 3.70. The molecular weight excluding hydrogens is 422 g/mol. The number of thioether (sulfide) groups is 1. The highest BCUT2D eigenvalue weighted by molar-refractivity contribution is 8.00. The summed E-state index contributed by atoms with van der Waals surface area (Å²) < 4.78 is -0.459. The van der Waals surface area contributed by atoms with Gasteiger partial charge < -0.3 is 5.32 Å². The first-order chi connectivity index (χ1) is 15.2. The van der Waals surface area contributed by atoms with E-state index in [1.165, 1.54) is 16.7 Å². The van der Waals surface area contributed by atoms with Gasteiger partial charge >= 0.3 is 0 Å². The van der Waals surface area contributed by atoms with Crippen LogP contribution in [0.2, 0.25) is 0 Å². The fraction of sp³-hybridized carbons (Fsp3) is 0.0741. The van der Waals surface area contributed by atoms with Crippen molar-refractivity contribution in [3.05, 3.63) is 132 Å². The minimum atomic E-state index is -0.459. The van der Waals surface area contributed by atoms with Gasteiger partial charge in [-0.3, -0.25) is 4.79 Å². The predicted molar refractivity (Wildman–Crippen MR) is 131 cm³/mol. The maximum atomic E-state index is 11.8. The first kappa shape index (κ1) is 21.2. The molecule has 2 nitrogen and oxygen atoms in total. The molecule has 4 rings (SSSR count). The predicted octanol–water partition coefficient (Wildman–Crippen LogP) is 6.95. The van der Waals surface area contributed by atoms with E-state index in [0.717, 1.165) is 10.6 Å². The fourth-order valence-corrected chi connectivity index (χ4v) is 5.22. The maximum Gasteiger partial charge on any atom is 0.239 e. The van der Waals surface area contributed by atoms with Crippen molar-refractivity contribution < 1.29 is 4.79 Å². The molecule has 0 fully saturated rings. The zero-order valence-electron chi connectivity index (χ0n) is 16.9. The van der Waals surface area contributed by atoms with E-state index < -0.39 is 4.75 Å². The third kappa shape index (κ3) is 4.68. The van der Waals surface area contributed by atoms with Crippen molar-refractivity contribution in [1.29, 1.82) is 0 Å². The number of carbonyl (C=O) groups excluding carboxylic acids is 1. The van der Waals surface area contributed by atoms with Crippen molar-refractivity contribution >= 4 is 35.0 Å². The van der Waals surface area contributed by atoms with E-state index in [4.69, 9.17) is 11.6 Å². The van der Waals surface area contributed by atoms with Gasteiger partial charge in [-0.15, -0.1) is 23.4 Å². The molecule has 1 amide bonds. The van der Waals surface area contributed by atoms with Gasteiger partial charge in [0, 0.05) is 10.6 Å². The van der Waals surface area contributed by atoms with Crippen molar-refractivity contribution in [1.82, 2.24) is 0 Å². The van der Waals surface area contributed by atoms with Gasteiger partial charge in [0.15, 0.2) is 0 Å². The molecule has 0 unspecified atom stereocenters. The van der Waals surface area contributed by atoms with Gasteiger partial charge in [0.2, 0.25) is 5.91 Å². The highest BCUT2D eigenvalue weighted by atomic mass is 35.5. The summed E-state index contributed by atoms with van der Waals surface area (Å²) in [4.78, 5) is 12.8. The monoisotopic (exact) mass is 443 g/mol. The van der Waals surface area contributed by atoms with Gasteiger partial charge in [-0.05, 0) is 34.9 Å². The van der Waals surface area contributed by atoms with E-state index in [-0.39, 0.29) is 11.8 Å². The zero-order chi connectivity index (χ0) is 21.5. The summed E-state index contributed by atoms with van der Waals surface area (Å²) in [6.07, 6.45) is 0. The Morgan fingerprint density at radius 1 is 0.710 bits per heavy atom. The Bertz CT molecular complexity index is 1040. The standard InChI is InChI=1S/C27H22ClNOS/c28-20-26(30)29-24-17-10-18-25(19-24)31-27(21-11-4-1-5-12-21,22-13-6-2-7-14-22)23-15-8-3-9-16-23/h1-19H,20H2,(H,29,30). The normalized spacial score (nSPS) is 11.1. The Morgan fingerprint density at radius 2 is 1.19 bits per heavy atom. The first-order valence-electron chi connectivity index (χ1n) is 10.0. The number of benzene rings is 4. The molecule has 0 bridgehead atoms. The number of halogens is 1. The SMILES string of the molecule is O=C(CCl)Nc1cccc(SC(c2ccccc2)(c2ccccc2)c2ccccc2)c1. The minimum absolute atomic E-state index is 0.0701. The molecule has 31 heavy (non-hydrogen) atoms. The second-order valence-corrected chi connectivity index (χ2v) is 8.65. The average Bonchev–Trinajstić information content (AvgIpc) is 2.84. The summed E-state index contributed by atoms with van der Waals surface area (Å²) >= 11 is 7.43. The van der Waals surface area contributed by atoms with Crippen LogP contribution in [-0.2, 0) is 9.54 Å². The van der Waals surface area contributed by atoms with Crippen LogP contribution in [0.25, 0.3) is 0 Å². The van der Waals surface area contributed by atoms with E-state index in [1.54, 1.807) is 11.8 Å². The van der Waals surface area contributed by atoms with Crippen LogP contribution >= 0.6 is 23.4 Å². The molecule has 154 valence electrons. The lowest BCUT2D eigenvalue weighted by molar-refractivity contribution is -0.113. The quantitative estimate of drug-likeness (QED) is 0.190. The zero-order valence-corrected chi connectivity index (χ0v) is 18.4. The molecule has 0 saturated carbocycles. The largest absolute Gasteiger partial charge is 0.325 e. The van der Waals surface area contributed by atoms with Gasteiger partial charge in [-0.2, -0.15) is 0 Å². The van der Waals surface area contributed by atoms with Gasteiger partial charge in [-0.1, -0.05) is 97.1 Å². The summed E-state index contributed by atoms with van der Waals surface area (Å²) in [5.41, 5.74) is 4.30. The summed E-state index contributed by atoms with van der Waals surface area (Å²) in [7, 11) is 0. The van der Waals surface area contributed by atoms with Crippen LogP contribution in [-0.4, -0.2) is 11.8 Å². The summed E-state index contributed by atoms with van der Waals surface area (Å²) in [6, 6.07) is 39.5. The third-order valence-corrected chi connectivity index (χ3v) is 6.80. The van der Waals surface area contributed by atoms with Crippen LogP contribution in [0.5, 0.6) is 0 Å². The summed E-state index contributed by atoms with van der Waals surface area (Å²) in [5, 5.41) is 2.85. The number of rotatable bonds is 7. The van der Waals surface area contributed by atoms with Gasteiger partial charge in [0.05, 0.1) is 4.75 Å². The molecule has 0 saturated heterocycles. The van der Waals surface area contributed by atoms with Crippen LogP contribution in [0.4, 0.5) is 5.69 Å². The Balaban J connectivity index is 1.89. The molecule has 0 atom stereocenters. The molecule has 0 radical (unpaired) electrons. The maximum absolute atomic E-state index is 11.8. The first-order valence-corrected chi connectivity index (χ1v) is 11.4. The highest BCUT2D eigenvalue weighted by Crippen LogP contribution is 2.51. The molecule has 4 aromatic carbocycles. The van der Waals surface area contributed by atoms with Gasteiger partial charge in [-0.25, -0.2) is 0 Å². The molecule has 4 aromatic rings. The number of hydrogen-bond donors (Lipinski definition) is 1. The van der Waals surface area contributed by atoms with Crippen LogP contribution < -0.4 is 5.32 Å². The molecule has 0 spiro atoms. The summed E-state index contributed by atoms with van der Waals surface area (Å²) in [5.74, 6) is -0.288. The highest BCUT2D eigenvalue weighted by Gasteiger charge is 2.37. The second-order valence-electron chi connectivity index (χ2n) is 7.09. The smallest absolute Gasteiger partial charge is 0.239 e. The number of nitrogens with one attached hydrogen (secondary N) is 1. The molecular formula is C27H22ClNOS. The Hall–Kier alpha value is -3.01. The number of alkyl halides is 1. The number of carbonyl (C=O) groups is 1. The van der Waals surface area contributed by atoms with Crippen molar-refractivity contribution in [3.63, 3.8) is 0 Å². The van der Waals surface area contributed by atoms with Crippen LogP contribution in [0.1, 0.15) is 16.7 Å². The van der Waals surface area contributed by atoms with E-state index in [0.29, 0.717) is 0 Å². The summed E-state index contributed by atoms with van der Waals surface area (Å²) in [6.45, 7) is 0. The molecule has 1 N–H and O–H groups in total. The van der Waals surface area contributed by atoms with Gasteiger partial charge in [0.1, 0.15) is 5.88 Å². The number of anilines is 1. The van der Waals surface area contributed by atoms with E-state index in [2.05, 4.69) is 84.2 Å². The average molecular weight is 444 g/mol. The Labute approximate surface area is 192 Å². The lowest BCUT2D eigenvalue weighted by atomic mass is 9.84. The van der Waals surface area contributed by atoms with E-state index in [9.17, 15) is 4.79 Å². The third-order valence-electron chi connectivity index (χ3n) is 5.05. The van der Waals surface area contributed by atoms with E-state index >= 15 is 0 Å².